The lowest BCUT2D eigenvalue weighted by Gasteiger charge is -2.06. The zero-order chi connectivity index (χ0) is 13.4. The summed E-state index contributed by atoms with van der Waals surface area (Å²) in [5, 5.41) is 0. The van der Waals surface area contributed by atoms with Crippen molar-refractivity contribution in [1.82, 2.24) is 9.55 Å². The summed E-state index contributed by atoms with van der Waals surface area (Å²) >= 11 is 5.42. The molecule has 0 saturated carbocycles. The van der Waals surface area contributed by atoms with Crippen molar-refractivity contribution in [3.63, 3.8) is 0 Å². The molecule has 1 heterocycles. The molecule has 0 amide bonds. The van der Waals surface area contributed by atoms with Gasteiger partial charge in [0.1, 0.15) is 5.75 Å². The van der Waals surface area contributed by atoms with E-state index in [2.05, 4.69) is 30.1 Å². The zero-order valence-corrected chi connectivity index (χ0v) is 11.6. The predicted octanol–water partition coefficient (Wildman–Crippen LogP) is 4.01. The van der Waals surface area contributed by atoms with E-state index in [9.17, 15) is 0 Å². The maximum atomic E-state index is 5.42. The van der Waals surface area contributed by atoms with Crippen molar-refractivity contribution in [1.29, 1.82) is 0 Å². The lowest BCUT2D eigenvalue weighted by molar-refractivity contribution is 0.415. The first-order valence-corrected chi connectivity index (χ1v) is 6.45. The smallest absolute Gasteiger partial charge is 0.182 e. The van der Waals surface area contributed by atoms with Gasteiger partial charge in [-0.25, -0.2) is 0 Å². The number of fused-ring (bicyclic) bond motifs is 1. The van der Waals surface area contributed by atoms with Gasteiger partial charge >= 0.3 is 0 Å². The molecule has 3 rings (SSSR count). The predicted molar refractivity (Wildman–Crippen MR) is 79.7 cm³/mol. The number of rotatable bonds is 2. The first-order valence-electron chi connectivity index (χ1n) is 6.05. The van der Waals surface area contributed by atoms with E-state index in [4.69, 9.17) is 17.0 Å². The third kappa shape index (κ3) is 2.04. The summed E-state index contributed by atoms with van der Waals surface area (Å²) in [5.41, 5.74) is 4.31. The lowest BCUT2D eigenvalue weighted by atomic mass is 10.2. The molecule has 1 aromatic heterocycles. The summed E-state index contributed by atoms with van der Waals surface area (Å²) in [6.45, 7) is 2.07. The Balaban J connectivity index is 2.29. The number of aromatic nitrogens is 2. The molecule has 0 radical (unpaired) electrons. The van der Waals surface area contributed by atoms with Gasteiger partial charge in [-0.15, -0.1) is 0 Å². The molecule has 0 aliphatic carbocycles. The number of imidazole rings is 1. The van der Waals surface area contributed by atoms with Crippen molar-refractivity contribution in [3.8, 4) is 11.4 Å². The zero-order valence-electron chi connectivity index (χ0n) is 10.8. The highest BCUT2D eigenvalue weighted by Crippen LogP contribution is 2.23. The van der Waals surface area contributed by atoms with Gasteiger partial charge in [-0.05, 0) is 49.0 Å². The molecule has 0 aliphatic rings. The summed E-state index contributed by atoms with van der Waals surface area (Å²) in [4.78, 5) is 3.22. The Hall–Kier alpha value is -2.07. The molecule has 4 heteroatoms. The number of nitrogens with zero attached hydrogens (tertiary/aromatic N) is 1. The average Bonchev–Trinajstić information content (AvgIpc) is 2.73. The molecule has 3 nitrogen and oxygen atoms in total. The van der Waals surface area contributed by atoms with E-state index in [1.165, 1.54) is 5.56 Å². The van der Waals surface area contributed by atoms with Crippen molar-refractivity contribution >= 4 is 23.3 Å². The van der Waals surface area contributed by atoms with Crippen LogP contribution in [-0.2, 0) is 0 Å². The summed E-state index contributed by atoms with van der Waals surface area (Å²) in [7, 11) is 1.66. The number of H-pyrrole nitrogens is 1. The summed E-state index contributed by atoms with van der Waals surface area (Å²) in [6.07, 6.45) is 0. The fraction of sp³-hybridized carbons (Fsp3) is 0.133. The second kappa shape index (κ2) is 4.55. The van der Waals surface area contributed by atoms with Gasteiger partial charge in [0.15, 0.2) is 4.77 Å². The molecule has 0 aliphatic heterocycles. The third-order valence-electron chi connectivity index (χ3n) is 3.15. The van der Waals surface area contributed by atoms with Crippen LogP contribution in [0, 0.1) is 11.7 Å². The molecule has 0 unspecified atom stereocenters. The van der Waals surface area contributed by atoms with Crippen LogP contribution in [0.15, 0.2) is 42.5 Å². The van der Waals surface area contributed by atoms with Gasteiger partial charge in [-0.2, -0.15) is 0 Å². The van der Waals surface area contributed by atoms with Gasteiger partial charge in [-0.3, -0.25) is 4.57 Å². The molecule has 96 valence electrons. The second-order valence-electron chi connectivity index (χ2n) is 4.49. The molecule has 2 aromatic carbocycles. The number of aromatic amines is 1. The number of benzene rings is 2. The van der Waals surface area contributed by atoms with E-state index in [-0.39, 0.29) is 0 Å². The normalized spacial score (nSPS) is 10.8. The van der Waals surface area contributed by atoms with Crippen LogP contribution >= 0.6 is 12.2 Å². The van der Waals surface area contributed by atoms with Crippen molar-refractivity contribution in [2.24, 2.45) is 0 Å². The number of aryl methyl sites for hydroxylation is 1. The maximum Gasteiger partial charge on any atom is 0.182 e. The van der Waals surface area contributed by atoms with Gasteiger partial charge in [0, 0.05) is 11.8 Å². The Morgan fingerprint density at radius 3 is 2.74 bits per heavy atom. The molecular formula is C15H14N2OS. The van der Waals surface area contributed by atoms with E-state index in [0.29, 0.717) is 4.77 Å². The molecule has 19 heavy (non-hydrogen) atoms. The van der Waals surface area contributed by atoms with E-state index < -0.39 is 0 Å². The Kier molecular flexibility index (Phi) is 2.87. The fourth-order valence-electron chi connectivity index (χ4n) is 2.24. The fourth-order valence-corrected chi connectivity index (χ4v) is 2.55. The first kappa shape index (κ1) is 12.0. The van der Waals surface area contributed by atoms with Crippen LogP contribution < -0.4 is 4.74 Å². The second-order valence-corrected chi connectivity index (χ2v) is 4.87. The molecule has 3 aromatic rings. The minimum absolute atomic E-state index is 0.689. The van der Waals surface area contributed by atoms with Crippen LogP contribution in [-0.4, -0.2) is 16.7 Å². The molecule has 0 spiro atoms. The van der Waals surface area contributed by atoms with Gasteiger partial charge in [0.25, 0.3) is 0 Å². The number of methoxy groups -OCH3 is 1. The van der Waals surface area contributed by atoms with Crippen LogP contribution in [0.3, 0.4) is 0 Å². The molecule has 0 fully saturated rings. The number of hydrogen-bond donors (Lipinski definition) is 1. The van der Waals surface area contributed by atoms with Crippen LogP contribution in [0.4, 0.5) is 0 Å². The highest BCUT2D eigenvalue weighted by Gasteiger charge is 2.07. The number of nitrogens with one attached hydrogen (secondary N) is 1. The number of ether oxygens (including phenoxy) is 1. The Morgan fingerprint density at radius 2 is 2.00 bits per heavy atom. The minimum Gasteiger partial charge on any atom is -0.497 e. The van der Waals surface area contributed by atoms with Crippen LogP contribution in [0.1, 0.15) is 5.56 Å². The summed E-state index contributed by atoms with van der Waals surface area (Å²) in [6, 6.07) is 14.2. The monoisotopic (exact) mass is 270 g/mol. The molecular weight excluding hydrogens is 256 g/mol. The quantitative estimate of drug-likeness (QED) is 0.713. The standard InChI is InChI=1S/C15H14N2OS/c1-10-4-3-5-11(8-10)17-14-7-6-12(18-2)9-13(14)16-15(17)19/h3-9H,1-2H3,(H,16,19). The Morgan fingerprint density at radius 1 is 1.16 bits per heavy atom. The van der Waals surface area contributed by atoms with E-state index in [1.54, 1.807) is 7.11 Å². The van der Waals surface area contributed by atoms with Gasteiger partial charge in [0.2, 0.25) is 0 Å². The molecule has 0 atom stereocenters. The van der Waals surface area contributed by atoms with Crippen molar-refractivity contribution in [2.75, 3.05) is 7.11 Å². The lowest BCUT2D eigenvalue weighted by Crippen LogP contribution is -1.94. The summed E-state index contributed by atoms with van der Waals surface area (Å²) in [5.74, 6) is 0.820. The highest BCUT2D eigenvalue weighted by atomic mass is 32.1. The van der Waals surface area contributed by atoms with Crippen LogP contribution in [0.25, 0.3) is 16.7 Å². The molecule has 0 saturated heterocycles. The molecule has 1 N–H and O–H groups in total. The topological polar surface area (TPSA) is 29.9 Å². The van der Waals surface area contributed by atoms with Gasteiger partial charge in [0.05, 0.1) is 18.1 Å². The average molecular weight is 270 g/mol. The Labute approximate surface area is 116 Å². The van der Waals surface area contributed by atoms with E-state index >= 15 is 0 Å². The molecule has 0 bridgehead atoms. The highest BCUT2D eigenvalue weighted by molar-refractivity contribution is 7.71. The summed E-state index contributed by atoms with van der Waals surface area (Å²) < 4.78 is 7.96. The SMILES string of the molecule is COc1ccc2c(c1)[nH]c(=S)n2-c1cccc(C)c1. The van der Waals surface area contributed by atoms with Crippen molar-refractivity contribution < 1.29 is 4.74 Å². The Bertz CT molecular complexity index is 801. The van der Waals surface area contributed by atoms with E-state index in [0.717, 1.165) is 22.5 Å². The maximum absolute atomic E-state index is 5.42. The van der Waals surface area contributed by atoms with Crippen LogP contribution in [0.5, 0.6) is 5.75 Å². The minimum atomic E-state index is 0.689. The van der Waals surface area contributed by atoms with Crippen molar-refractivity contribution in [2.45, 2.75) is 6.92 Å². The van der Waals surface area contributed by atoms with E-state index in [1.807, 2.05) is 28.8 Å². The third-order valence-corrected chi connectivity index (χ3v) is 3.43. The van der Waals surface area contributed by atoms with Crippen molar-refractivity contribution in [3.05, 3.63) is 52.8 Å². The van der Waals surface area contributed by atoms with Gasteiger partial charge < -0.3 is 9.72 Å². The largest absolute Gasteiger partial charge is 0.497 e. The van der Waals surface area contributed by atoms with Crippen LogP contribution in [0.2, 0.25) is 0 Å². The van der Waals surface area contributed by atoms with Gasteiger partial charge in [-0.1, -0.05) is 12.1 Å². The number of hydrogen-bond acceptors (Lipinski definition) is 2. The first-order chi connectivity index (χ1) is 9.19.